The van der Waals surface area contributed by atoms with Crippen LogP contribution in [0.15, 0.2) is 29.0 Å². The lowest BCUT2D eigenvalue weighted by Crippen LogP contribution is -1.97. The molecule has 2 aromatic rings. The van der Waals surface area contributed by atoms with Crippen molar-refractivity contribution in [1.29, 1.82) is 0 Å². The van der Waals surface area contributed by atoms with Gasteiger partial charge in [-0.15, -0.1) is 0 Å². The van der Waals surface area contributed by atoms with Gasteiger partial charge in [0, 0.05) is 5.56 Å². The van der Waals surface area contributed by atoms with Gasteiger partial charge < -0.3 is 15.2 Å². The summed E-state index contributed by atoms with van der Waals surface area (Å²) in [5, 5.41) is 0. The molecule has 6 heteroatoms. The summed E-state index contributed by atoms with van der Waals surface area (Å²) in [6.07, 6.45) is 3.13. The lowest BCUT2D eigenvalue weighted by Gasteiger charge is -2.12. The zero-order valence-electron chi connectivity index (χ0n) is 9.98. The maximum absolute atomic E-state index is 5.63. The number of benzene rings is 1. The topological polar surface area (TPSA) is 70.3 Å². The molecule has 0 radical (unpaired) electrons. The first kappa shape index (κ1) is 12.6. The number of ether oxygens (including phenoxy) is 2. The van der Waals surface area contributed by atoms with Crippen molar-refractivity contribution in [3.63, 3.8) is 0 Å². The van der Waals surface area contributed by atoms with Crippen LogP contribution in [-0.2, 0) is 0 Å². The number of nitrogen functional groups attached to an aromatic ring is 1. The fourth-order valence-electron chi connectivity index (χ4n) is 1.61. The largest absolute Gasteiger partial charge is 0.495 e. The van der Waals surface area contributed by atoms with Crippen molar-refractivity contribution < 1.29 is 9.47 Å². The summed E-state index contributed by atoms with van der Waals surface area (Å²) in [7, 11) is 3.18. The quantitative estimate of drug-likeness (QED) is 0.943. The molecule has 0 saturated heterocycles. The molecular weight excluding hydrogens is 298 g/mol. The van der Waals surface area contributed by atoms with E-state index in [0.717, 1.165) is 10.0 Å². The van der Waals surface area contributed by atoms with E-state index in [4.69, 9.17) is 15.2 Å². The van der Waals surface area contributed by atoms with Gasteiger partial charge in [0.05, 0.1) is 32.3 Å². The molecule has 1 heterocycles. The molecule has 2 N–H and O–H groups in total. The molecule has 0 saturated carbocycles. The normalized spacial score (nSPS) is 10.2. The molecule has 0 fully saturated rings. The Balaban J connectivity index is 2.61. The molecule has 94 valence electrons. The Morgan fingerprint density at radius 1 is 1.17 bits per heavy atom. The second kappa shape index (κ2) is 5.22. The molecule has 0 atom stereocenters. The van der Waals surface area contributed by atoms with E-state index in [0.29, 0.717) is 23.0 Å². The number of nitrogens with two attached hydrogens (primary N) is 1. The molecule has 18 heavy (non-hydrogen) atoms. The number of hydrogen-bond acceptors (Lipinski definition) is 5. The maximum Gasteiger partial charge on any atom is 0.146 e. The molecule has 0 aliphatic rings. The fraction of sp³-hybridized carbons (Fsp3) is 0.167. The maximum atomic E-state index is 5.63. The highest BCUT2D eigenvalue weighted by atomic mass is 79.9. The zero-order chi connectivity index (χ0) is 13.1. The molecule has 5 nitrogen and oxygen atoms in total. The monoisotopic (exact) mass is 309 g/mol. The Labute approximate surface area is 113 Å². The third kappa shape index (κ3) is 2.24. The third-order valence-corrected chi connectivity index (χ3v) is 3.17. The molecule has 1 aromatic carbocycles. The van der Waals surface area contributed by atoms with E-state index < -0.39 is 0 Å². The first-order valence-corrected chi connectivity index (χ1v) is 5.95. The second-order valence-corrected chi connectivity index (χ2v) is 4.28. The summed E-state index contributed by atoms with van der Waals surface area (Å²) >= 11 is 3.44. The van der Waals surface area contributed by atoms with Gasteiger partial charge in [0.25, 0.3) is 0 Å². The molecule has 0 unspecified atom stereocenters. The van der Waals surface area contributed by atoms with Crippen LogP contribution in [0, 0.1) is 0 Å². The average molecular weight is 310 g/mol. The van der Waals surface area contributed by atoms with E-state index in [-0.39, 0.29) is 0 Å². The van der Waals surface area contributed by atoms with E-state index in [1.165, 1.54) is 6.20 Å². The first-order chi connectivity index (χ1) is 8.67. The van der Waals surface area contributed by atoms with Crippen molar-refractivity contribution in [3.05, 3.63) is 29.0 Å². The van der Waals surface area contributed by atoms with Gasteiger partial charge in [-0.25, -0.2) is 4.98 Å². The summed E-state index contributed by atoms with van der Waals surface area (Å²) in [6.45, 7) is 0. The van der Waals surface area contributed by atoms with Gasteiger partial charge >= 0.3 is 0 Å². The zero-order valence-corrected chi connectivity index (χ0v) is 11.6. The summed E-state index contributed by atoms with van der Waals surface area (Å²) in [4.78, 5) is 8.24. The predicted molar refractivity (Wildman–Crippen MR) is 72.7 cm³/mol. The van der Waals surface area contributed by atoms with E-state index in [1.807, 2.05) is 12.1 Å². The SMILES string of the molecule is COc1ccc(-c2cncc(N)n2)c(OC)c1Br. The van der Waals surface area contributed by atoms with Crippen LogP contribution in [-0.4, -0.2) is 24.2 Å². The van der Waals surface area contributed by atoms with Gasteiger partial charge in [-0.1, -0.05) is 0 Å². The summed E-state index contributed by atoms with van der Waals surface area (Å²) in [5.74, 6) is 1.68. The Kier molecular flexibility index (Phi) is 3.66. The fourth-order valence-corrected chi connectivity index (χ4v) is 2.28. The molecule has 2 rings (SSSR count). The van der Waals surface area contributed by atoms with Crippen molar-refractivity contribution in [3.8, 4) is 22.8 Å². The summed E-state index contributed by atoms with van der Waals surface area (Å²) in [5.41, 5.74) is 7.08. The highest BCUT2D eigenvalue weighted by Crippen LogP contribution is 2.41. The number of rotatable bonds is 3. The Bertz CT molecular complexity index is 575. The lowest BCUT2D eigenvalue weighted by atomic mass is 10.1. The van der Waals surface area contributed by atoms with Crippen LogP contribution < -0.4 is 15.2 Å². The second-order valence-electron chi connectivity index (χ2n) is 3.49. The highest BCUT2D eigenvalue weighted by Gasteiger charge is 2.15. The molecule has 0 aliphatic carbocycles. The van der Waals surface area contributed by atoms with Gasteiger partial charge in [0.2, 0.25) is 0 Å². The number of aromatic nitrogens is 2. The van der Waals surface area contributed by atoms with E-state index >= 15 is 0 Å². The predicted octanol–water partition coefficient (Wildman–Crippen LogP) is 2.51. The molecule has 0 aliphatic heterocycles. The molecule has 0 bridgehead atoms. The van der Waals surface area contributed by atoms with E-state index in [1.54, 1.807) is 20.4 Å². The van der Waals surface area contributed by atoms with Crippen LogP contribution in [0.3, 0.4) is 0 Å². The minimum absolute atomic E-state index is 0.362. The van der Waals surface area contributed by atoms with Gasteiger partial charge in [-0.05, 0) is 28.1 Å². The number of methoxy groups -OCH3 is 2. The van der Waals surface area contributed by atoms with Crippen LogP contribution in [0.4, 0.5) is 5.82 Å². The first-order valence-electron chi connectivity index (χ1n) is 5.15. The van der Waals surface area contributed by atoms with Crippen LogP contribution in [0.25, 0.3) is 11.3 Å². The van der Waals surface area contributed by atoms with Crippen molar-refractivity contribution in [1.82, 2.24) is 9.97 Å². The average Bonchev–Trinajstić information content (AvgIpc) is 2.38. The van der Waals surface area contributed by atoms with Crippen LogP contribution in [0.5, 0.6) is 11.5 Å². The Hall–Kier alpha value is -1.82. The molecular formula is C12H12BrN3O2. The number of hydrogen-bond donors (Lipinski definition) is 1. The Morgan fingerprint density at radius 3 is 2.56 bits per heavy atom. The van der Waals surface area contributed by atoms with Gasteiger partial charge in [-0.2, -0.15) is 0 Å². The van der Waals surface area contributed by atoms with Crippen molar-refractivity contribution in [2.75, 3.05) is 20.0 Å². The van der Waals surface area contributed by atoms with Crippen molar-refractivity contribution in [2.24, 2.45) is 0 Å². The smallest absolute Gasteiger partial charge is 0.146 e. The molecule has 0 spiro atoms. The van der Waals surface area contributed by atoms with Crippen LogP contribution in [0.1, 0.15) is 0 Å². The van der Waals surface area contributed by atoms with Crippen LogP contribution >= 0.6 is 15.9 Å². The van der Waals surface area contributed by atoms with Gasteiger partial charge in [0.15, 0.2) is 0 Å². The number of nitrogens with zero attached hydrogens (tertiary/aromatic N) is 2. The van der Waals surface area contributed by atoms with Crippen molar-refractivity contribution >= 4 is 21.7 Å². The standard InChI is InChI=1S/C12H12BrN3O2/c1-17-9-4-3-7(12(18-2)11(9)13)8-5-15-6-10(14)16-8/h3-6H,1-2H3,(H2,14,16). The summed E-state index contributed by atoms with van der Waals surface area (Å²) in [6, 6.07) is 3.68. The van der Waals surface area contributed by atoms with Crippen LogP contribution in [0.2, 0.25) is 0 Å². The molecule has 1 aromatic heterocycles. The third-order valence-electron chi connectivity index (χ3n) is 2.41. The summed E-state index contributed by atoms with van der Waals surface area (Å²) < 4.78 is 11.3. The number of anilines is 1. The number of halogens is 1. The van der Waals surface area contributed by atoms with Crippen molar-refractivity contribution in [2.45, 2.75) is 0 Å². The molecule has 0 amide bonds. The minimum Gasteiger partial charge on any atom is -0.495 e. The van der Waals surface area contributed by atoms with Gasteiger partial charge in [0.1, 0.15) is 21.8 Å². The highest BCUT2D eigenvalue weighted by molar-refractivity contribution is 9.10. The lowest BCUT2D eigenvalue weighted by molar-refractivity contribution is 0.390. The van der Waals surface area contributed by atoms with E-state index in [2.05, 4.69) is 25.9 Å². The Morgan fingerprint density at radius 2 is 1.94 bits per heavy atom. The van der Waals surface area contributed by atoms with E-state index in [9.17, 15) is 0 Å². The minimum atomic E-state index is 0.362. The van der Waals surface area contributed by atoms with Gasteiger partial charge in [-0.3, -0.25) is 4.98 Å².